The molecule has 1 aromatic carbocycles. The Morgan fingerprint density at radius 3 is 2.53 bits per heavy atom. The number of sulfonamides is 1. The molecule has 0 saturated heterocycles. The maximum atomic E-state index is 10.9. The molecule has 0 aliphatic heterocycles. The topological polar surface area (TPSA) is 86.6 Å². The SMILES string of the molecule is [CH2]C(O)c1ccc(O)c(NS(C)(=O)=O)c1. The highest BCUT2D eigenvalue weighted by Crippen LogP contribution is 2.27. The van der Waals surface area contributed by atoms with Crippen LogP contribution >= 0.6 is 0 Å². The first-order valence-corrected chi connectivity index (χ1v) is 6.00. The zero-order valence-electron chi connectivity index (χ0n) is 8.14. The van der Waals surface area contributed by atoms with Crippen LogP contribution < -0.4 is 4.72 Å². The monoisotopic (exact) mass is 230 g/mol. The lowest BCUT2D eigenvalue weighted by Crippen LogP contribution is -2.10. The molecule has 3 N–H and O–H groups in total. The minimum absolute atomic E-state index is 0.0256. The third-order valence-electron chi connectivity index (χ3n) is 1.70. The standard InChI is InChI=1S/C9H12NO4S/c1-6(11)7-3-4-9(12)8(5-7)10-15(2,13)14/h3-6,10-12H,1H2,2H3. The van der Waals surface area contributed by atoms with E-state index in [1.165, 1.54) is 18.2 Å². The van der Waals surface area contributed by atoms with Crippen molar-refractivity contribution in [1.82, 2.24) is 0 Å². The third kappa shape index (κ3) is 3.41. The van der Waals surface area contributed by atoms with Crippen molar-refractivity contribution in [3.8, 4) is 5.75 Å². The van der Waals surface area contributed by atoms with Gasteiger partial charge in [-0.3, -0.25) is 4.72 Å². The van der Waals surface area contributed by atoms with Gasteiger partial charge < -0.3 is 10.2 Å². The van der Waals surface area contributed by atoms with Gasteiger partial charge in [0.15, 0.2) is 0 Å². The Balaban J connectivity index is 3.11. The zero-order valence-corrected chi connectivity index (χ0v) is 8.95. The normalized spacial score (nSPS) is 13.5. The molecule has 1 atom stereocenters. The molecular formula is C9H12NO4S. The summed E-state index contributed by atoms with van der Waals surface area (Å²) in [6, 6.07) is 4.08. The van der Waals surface area contributed by atoms with Crippen LogP contribution in [0, 0.1) is 6.92 Å². The van der Waals surface area contributed by atoms with Crippen molar-refractivity contribution in [1.29, 1.82) is 0 Å². The van der Waals surface area contributed by atoms with E-state index < -0.39 is 16.1 Å². The van der Waals surface area contributed by atoms with Crippen LogP contribution in [0.4, 0.5) is 5.69 Å². The summed E-state index contributed by atoms with van der Waals surface area (Å²) in [5.41, 5.74) is 0.441. The highest BCUT2D eigenvalue weighted by Gasteiger charge is 2.09. The lowest BCUT2D eigenvalue weighted by atomic mass is 10.1. The van der Waals surface area contributed by atoms with E-state index in [0.29, 0.717) is 5.56 Å². The third-order valence-corrected chi connectivity index (χ3v) is 2.29. The van der Waals surface area contributed by atoms with Gasteiger partial charge in [0.05, 0.1) is 18.0 Å². The molecule has 1 unspecified atom stereocenters. The number of nitrogens with one attached hydrogen (secondary N) is 1. The Labute approximate surface area is 88.4 Å². The summed E-state index contributed by atoms with van der Waals surface area (Å²) < 4.78 is 24.0. The van der Waals surface area contributed by atoms with Crippen molar-refractivity contribution in [2.45, 2.75) is 6.10 Å². The quantitative estimate of drug-likeness (QED) is 0.665. The van der Waals surface area contributed by atoms with Gasteiger partial charge in [-0.2, -0.15) is 0 Å². The van der Waals surface area contributed by atoms with Crippen LogP contribution in [0.25, 0.3) is 0 Å². The van der Waals surface area contributed by atoms with E-state index >= 15 is 0 Å². The minimum Gasteiger partial charge on any atom is -0.506 e. The molecule has 0 saturated carbocycles. The van der Waals surface area contributed by atoms with Crippen LogP contribution in [-0.2, 0) is 10.0 Å². The van der Waals surface area contributed by atoms with E-state index in [0.717, 1.165) is 6.26 Å². The molecule has 15 heavy (non-hydrogen) atoms. The summed E-state index contributed by atoms with van der Waals surface area (Å²) in [7, 11) is -3.45. The van der Waals surface area contributed by atoms with Crippen LogP contribution in [0.1, 0.15) is 11.7 Å². The average molecular weight is 230 g/mol. The number of hydrogen-bond acceptors (Lipinski definition) is 4. The van der Waals surface area contributed by atoms with Gasteiger partial charge in [0, 0.05) is 0 Å². The number of benzene rings is 1. The Kier molecular flexibility index (Phi) is 3.21. The fourth-order valence-corrected chi connectivity index (χ4v) is 1.61. The molecule has 0 aromatic heterocycles. The van der Waals surface area contributed by atoms with Gasteiger partial charge in [-0.25, -0.2) is 8.42 Å². The van der Waals surface area contributed by atoms with E-state index in [1.807, 2.05) is 0 Å². The van der Waals surface area contributed by atoms with Crippen molar-refractivity contribution in [3.63, 3.8) is 0 Å². The number of rotatable bonds is 3. The van der Waals surface area contributed by atoms with Crippen molar-refractivity contribution in [2.24, 2.45) is 0 Å². The maximum absolute atomic E-state index is 10.9. The van der Waals surface area contributed by atoms with Crippen molar-refractivity contribution in [3.05, 3.63) is 30.7 Å². The van der Waals surface area contributed by atoms with E-state index in [9.17, 15) is 13.5 Å². The van der Waals surface area contributed by atoms with Crippen LogP contribution in [0.2, 0.25) is 0 Å². The van der Waals surface area contributed by atoms with Crippen molar-refractivity contribution < 1.29 is 18.6 Å². The maximum Gasteiger partial charge on any atom is 0.229 e. The molecule has 0 fully saturated rings. The van der Waals surface area contributed by atoms with Gasteiger partial charge >= 0.3 is 0 Å². The highest BCUT2D eigenvalue weighted by molar-refractivity contribution is 7.92. The Hall–Kier alpha value is -1.27. The fraction of sp³-hybridized carbons (Fsp3) is 0.222. The molecule has 1 rings (SSSR count). The van der Waals surface area contributed by atoms with Gasteiger partial charge in [-0.05, 0) is 24.6 Å². The number of aliphatic hydroxyl groups excluding tert-OH is 1. The first kappa shape index (κ1) is 11.8. The van der Waals surface area contributed by atoms with Gasteiger partial charge in [-0.15, -0.1) is 0 Å². The van der Waals surface area contributed by atoms with E-state index in [1.54, 1.807) is 0 Å². The van der Waals surface area contributed by atoms with Crippen LogP contribution in [0.5, 0.6) is 5.75 Å². The highest BCUT2D eigenvalue weighted by atomic mass is 32.2. The predicted molar refractivity (Wildman–Crippen MR) is 56.9 cm³/mol. The number of aromatic hydroxyl groups is 1. The molecule has 0 bridgehead atoms. The fourth-order valence-electron chi connectivity index (χ4n) is 1.04. The molecule has 83 valence electrons. The molecule has 6 heteroatoms. The number of phenolic OH excluding ortho intramolecular Hbond substituents is 1. The summed E-state index contributed by atoms with van der Waals surface area (Å²) >= 11 is 0. The summed E-state index contributed by atoms with van der Waals surface area (Å²) in [5.74, 6) is -0.204. The molecule has 0 aliphatic carbocycles. The molecule has 0 aliphatic rings. The minimum atomic E-state index is -3.45. The Bertz CT molecular complexity index is 453. The molecule has 5 nitrogen and oxygen atoms in total. The molecule has 0 heterocycles. The Morgan fingerprint density at radius 1 is 1.47 bits per heavy atom. The van der Waals surface area contributed by atoms with Crippen molar-refractivity contribution in [2.75, 3.05) is 11.0 Å². The molecule has 0 amide bonds. The van der Waals surface area contributed by atoms with Gasteiger partial charge in [0.25, 0.3) is 0 Å². The summed E-state index contributed by atoms with van der Waals surface area (Å²) in [6.07, 6.45) is 0.00503. The molecular weight excluding hydrogens is 218 g/mol. The van der Waals surface area contributed by atoms with E-state index in [2.05, 4.69) is 11.6 Å². The predicted octanol–water partition coefficient (Wildman–Crippen LogP) is 0.631. The molecule has 1 aromatic rings. The zero-order chi connectivity index (χ0) is 11.6. The Morgan fingerprint density at radius 2 is 2.07 bits per heavy atom. The van der Waals surface area contributed by atoms with E-state index in [-0.39, 0.29) is 11.4 Å². The number of hydrogen-bond donors (Lipinski definition) is 3. The first-order chi connectivity index (χ1) is 6.79. The first-order valence-electron chi connectivity index (χ1n) is 4.11. The molecule has 1 radical (unpaired) electrons. The van der Waals surface area contributed by atoms with Crippen molar-refractivity contribution >= 4 is 15.7 Å². The van der Waals surface area contributed by atoms with E-state index in [4.69, 9.17) is 5.11 Å². The lowest BCUT2D eigenvalue weighted by Gasteiger charge is -2.10. The number of phenols is 1. The van der Waals surface area contributed by atoms with Crippen LogP contribution in [0.15, 0.2) is 18.2 Å². The van der Waals surface area contributed by atoms with Crippen LogP contribution in [-0.4, -0.2) is 24.9 Å². The number of anilines is 1. The molecule has 0 spiro atoms. The van der Waals surface area contributed by atoms with Gasteiger partial charge in [0.1, 0.15) is 5.75 Å². The smallest absolute Gasteiger partial charge is 0.229 e. The second-order valence-corrected chi connectivity index (χ2v) is 4.92. The summed E-state index contributed by atoms with van der Waals surface area (Å²) in [4.78, 5) is 0. The summed E-state index contributed by atoms with van der Waals surface area (Å²) in [6.45, 7) is 3.37. The van der Waals surface area contributed by atoms with Gasteiger partial charge in [-0.1, -0.05) is 6.07 Å². The second kappa shape index (κ2) is 4.08. The number of aliphatic hydroxyl groups is 1. The average Bonchev–Trinajstić information content (AvgIpc) is 2.06. The second-order valence-electron chi connectivity index (χ2n) is 3.17. The lowest BCUT2D eigenvalue weighted by molar-refractivity contribution is 0.226. The van der Waals surface area contributed by atoms with Crippen LogP contribution in [0.3, 0.4) is 0 Å². The largest absolute Gasteiger partial charge is 0.506 e. The van der Waals surface area contributed by atoms with Gasteiger partial charge in [0.2, 0.25) is 10.0 Å². The summed E-state index contributed by atoms with van der Waals surface area (Å²) in [5, 5.41) is 18.5.